The fourth-order valence-corrected chi connectivity index (χ4v) is 4.40. The highest BCUT2D eigenvalue weighted by molar-refractivity contribution is 7.98. The molecular formula is C22H29N3S. The molecule has 0 spiro atoms. The summed E-state index contributed by atoms with van der Waals surface area (Å²) in [4.78, 5) is 6.14. The summed E-state index contributed by atoms with van der Waals surface area (Å²) in [6, 6.07) is 12.7. The lowest BCUT2D eigenvalue weighted by molar-refractivity contribution is 0.362. The van der Waals surface area contributed by atoms with Crippen LogP contribution in [0, 0.1) is 12.3 Å². The smallest absolute Gasteiger partial charge is 0.129 e. The maximum Gasteiger partial charge on any atom is 0.129 e. The maximum absolute atomic E-state index is 6.01. The van der Waals surface area contributed by atoms with Gasteiger partial charge < -0.3 is 11.1 Å². The summed E-state index contributed by atoms with van der Waals surface area (Å²) in [6.07, 6.45) is 1.03. The molecule has 0 fully saturated rings. The Morgan fingerprint density at radius 3 is 2.69 bits per heavy atom. The maximum atomic E-state index is 6.01. The van der Waals surface area contributed by atoms with Gasteiger partial charge in [0.2, 0.25) is 0 Å². The molecule has 0 radical (unpaired) electrons. The van der Waals surface area contributed by atoms with Crippen molar-refractivity contribution < 1.29 is 0 Å². The lowest BCUT2D eigenvalue weighted by atomic mass is 9.92. The van der Waals surface area contributed by atoms with Gasteiger partial charge in [-0.1, -0.05) is 45.0 Å². The molecule has 0 saturated heterocycles. The number of amidine groups is 1. The van der Waals surface area contributed by atoms with E-state index in [0.717, 1.165) is 36.8 Å². The average Bonchev–Trinajstić information content (AvgIpc) is 2.61. The van der Waals surface area contributed by atoms with Crippen molar-refractivity contribution in [2.75, 3.05) is 18.8 Å². The third-order valence-electron chi connectivity index (χ3n) is 4.85. The Hall–Kier alpha value is -1.94. The van der Waals surface area contributed by atoms with Gasteiger partial charge in [-0.05, 0) is 42.2 Å². The number of nitrogens with zero attached hydrogens (tertiary/aromatic N) is 1. The highest BCUT2D eigenvalue weighted by atomic mass is 32.2. The Labute approximate surface area is 161 Å². The molecule has 1 heterocycles. The minimum Gasteiger partial charge on any atom is -0.399 e. The Balaban J connectivity index is 1.87. The van der Waals surface area contributed by atoms with Crippen LogP contribution < -0.4 is 11.1 Å². The standard InChI is InChI=1S/C22H29N3S/c1-5-16-9-10-18(23)11-17(16)12-26-20-15(2)7-6-8-19(20)21-24-13-22(3,4)14-25-21/h6-11H,5,12-14,23H2,1-4H3,(H,24,25). The quantitative estimate of drug-likeness (QED) is 0.589. The molecule has 2 aromatic carbocycles. The zero-order valence-corrected chi connectivity index (χ0v) is 17.0. The van der Waals surface area contributed by atoms with E-state index in [0.29, 0.717) is 0 Å². The molecule has 0 saturated carbocycles. The zero-order chi connectivity index (χ0) is 18.7. The highest BCUT2D eigenvalue weighted by Gasteiger charge is 2.24. The number of nitrogen functional groups attached to an aromatic ring is 1. The predicted molar refractivity (Wildman–Crippen MR) is 114 cm³/mol. The minimum absolute atomic E-state index is 0.220. The van der Waals surface area contributed by atoms with E-state index in [2.05, 4.69) is 63.3 Å². The zero-order valence-electron chi connectivity index (χ0n) is 16.2. The molecular weight excluding hydrogens is 338 g/mol. The second kappa shape index (κ2) is 7.75. The van der Waals surface area contributed by atoms with E-state index >= 15 is 0 Å². The molecule has 3 nitrogen and oxygen atoms in total. The Morgan fingerprint density at radius 2 is 2.00 bits per heavy atom. The van der Waals surface area contributed by atoms with Gasteiger partial charge in [0.25, 0.3) is 0 Å². The first-order valence-corrected chi connectivity index (χ1v) is 10.3. The molecule has 1 aliphatic rings. The number of rotatable bonds is 5. The summed E-state index contributed by atoms with van der Waals surface area (Å²) in [5.74, 6) is 1.95. The summed E-state index contributed by atoms with van der Waals surface area (Å²) in [7, 11) is 0. The van der Waals surface area contributed by atoms with Crippen molar-refractivity contribution in [2.24, 2.45) is 10.4 Å². The molecule has 4 heteroatoms. The summed E-state index contributed by atoms with van der Waals surface area (Å²) in [6.45, 7) is 10.7. The molecule has 0 unspecified atom stereocenters. The van der Waals surface area contributed by atoms with Crippen LogP contribution in [0.2, 0.25) is 0 Å². The summed E-state index contributed by atoms with van der Waals surface area (Å²) in [5, 5.41) is 3.54. The second-order valence-corrected chi connectivity index (χ2v) is 8.79. The lowest BCUT2D eigenvalue weighted by Crippen LogP contribution is -2.41. The van der Waals surface area contributed by atoms with Gasteiger partial charge in [0.05, 0.1) is 0 Å². The lowest BCUT2D eigenvalue weighted by Gasteiger charge is -2.30. The normalized spacial score (nSPS) is 16.1. The van der Waals surface area contributed by atoms with Crippen LogP contribution in [0.5, 0.6) is 0 Å². The number of thioether (sulfide) groups is 1. The van der Waals surface area contributed by atoms with Gasteiger partial charge in [-0.25, -0.2) is 0 Å². The first-order valence-electron chi connectivity index (χ1n) is 9.28. The third-order valence-corrected chi connectivity index (χ3v) is 6.14. The number of hydrogen-bond donors (Lipinski definition) is 2. The number of hydrogen-bond acceptors (Lipinski definition) is 4. The second-order valence-electron chi connectivity index (χ2n) is 7.80. The molecule has 26 heavy (non-hydrogen) atoms. The van der Waals surface area contributed by atoms with Gasteiger partial charge in [0, 0.05) is 40.4 Å². The number of nitrogens with two attached hydrogens (primary N) is 1. The van der Waals surface area contributed by atoms with Crippen LogP contribution in [0.15, 0.2) is 46.3 Å². The molecule has 1 aliphatic heterocycles. The topological polar surface area (TPSA) is 50.4 Å². The van der Waals surface area contributed by atoms with E-state index < -0.39 is 0 Å². The fourth-order valence-electron chi connectivity index (χ4n) is 3.21. The van der Waals surface area contributed by atoms with Crippen molar-refractivity contribution in [3.8, 4) is 0 Å². The van der Waals surface area contributed by atoms with E-state index in [-0.39, 0.29) is 5.41 Å². The van der Waals surface area contributed by atoms with E-state index in [9.17, 15) is 0 Å². The van der Waals surface area contributed by atoms with Crippen molar-refractivity contribution in [3.05, 3.63) is 58.7 Å². The number of benzene rings is 2. The molecule has 0 bridgehead atoms. The van der Waals surface area contributed by atoms with E-state index in [1.54, 1.807) is 0 Å². The van der Waals surface area contributed by atoms with Gasteiger partial charge in [-0.2, -0.15) is 0 Å². The fraction of sp³-hybridized carbons (Fsp3) is 0.409. The van der Waals surface area contributed by atoms with E-state index in [4.69, 9.17) is 10.7 Å². The first-order chi connectivity index (χ1) is 12.4. The summed E-state index contributed by atoms with van der Waals surface area (Å²) >= 11 is 1.88. The van der Waals surface area contributed by atoms with E-state index in [1.165, 1.54) is 27.1 Å². The molecule has 0 amide bonds. The predicted octanol–water partition coefficient (Wildman–Crippen LogP) is 4.81. The van der Waals surface area contributed by atoms with Crippen molar-refractivity contribution in [1.29, 1.82) is 0 Å². The largest absolute Gasteiger partial charge is 0.399 e. The average molecular weight is 368 g/mol. The molecule has 0 atom stereocenters. The van der Waals surface area contributed by atoms with Crippen molar-refractivity contribution in [1.82, 2.24) is 5.32 Å². The summed E-state index contributed by atoms with van der Waals surface area (Å²) < 4.78 is 0. The van der Waals surface area contributed by atoms with Gasteiger partial charge >= 0.3 is 0 Å². The van der Waals surface area contributed by atoms with Crippen LogP contribution in [0.3, 0.4) is 0 Å². The van der Waals surface area contributed by atoms with Crippen LogP contribution in [0.1, 0.15) is 43.0 Å². The SMILES string of the molecule is CCc1ccc(N)cc1CSc1c(C)cccc1C1=NCC(C)(C)CN1. The van der Waals surface area contributed by atoms with Crippen LogP contribution >= 0.6 is 11.8 Å². The Bertz CT molecular complexity index is 824. The van der Waals surface area contributed by atoms with E-state index in [1.807, 2.05) is 17.8 Å². The number of aliphatic imine (C=N–C) groups is 1. The number of aryl methyl sites for hydroxylation is 2. The third kappa shape index (κ3) is 4.24. The van der Waals surface area contributed by atoms with Crippen molar-refractivity contribution in [3.63, 3.8) is 0 Å². The van der Waals surface area contributed by atoms with Crippen LogP contribution in [-0.2, 0) is 12.2 Å². The highest BCUT2D eigenvalue weighted by Crippen LogP contribution is 2.32. The van der Waals surface area contributed by atoms with Crippen molar-refractivity contribution in [2.45, 2.75) is 44.8 Å². The first kappa shape index (κ1) is 18.8. The molecule has 2 aromatic rings. The van der Waals surface area contributed by atoms with Gasteiger partial charge in [0.1, 0.15) is 5.84 Å². The minimum atomic E-state index is 0.220. The number of anilines is 1. The van der Waals surface area contributed by atoms with Crippen LogP contribution in [0.4, 0.5) is 5.69 Å². The van der Waals surface area contributed by atoms with Gasteiger partial charge in [-0.15, -0.1) is 11.8 Å². The molecule has 0 aromatic heterocycles. The van der Waals surface area contributed by atoms with Crippen LogP contribution in [0.25, 0.3) is 0 Å². The molecule has 0 aliphatic carbocycles. The summed E-state index contributed by atoms with van der Waals surface area (Å²) in [5.41, 5.74) is 12.3. The van der Waals surface area contributed by atoms with Crippen molar-refractivity contribution >= 4 is 23.3 Å². The number of nitrogens with one attached hydrogen (secondary N) is 1. The van der Waals surface area contributed by atoms with Gasteiger partial charge in [0.15, 0.2) is 0 Å². The Kier molecular flexibility index (Phi) is 5.61. The monoisotopic (exact) mass is 367 g/mol. The molecule has 138 valence electrons. The Morgan fingerprint density at radius 1 is 1.19 bits per heavy atom. The van der Waals surface area contributed by atoms with Crippen LogP contribution in [-0.4, -0.2) is 18.9 Å². The molecule has 3 N–H and O–H groups in total. The van der Waals surface area contributed by atoms with Gasteiger partial charge in [-0.3, -0.25) is 4.99 Å². The molecule has 3 rings (SSSR count).